The Morgan fingerprint density at radius 1 is 0.347 bits per heavy atom. The van der Waals surface area contributed by atoms with Gasteiger partial charge in [-0.25, -0.2) is 9.97 Å². The second-order valence-electron chi connectivity index (χ2n) is 19.2. The van der Waals surface area contributed by atoms with Crippen LogP contribution in [0.5, 0.6) is 0 Å². The summed E-state index contributed by atoms with van der Waals surface area (Å²) >= 11 is 0. The van der Waals surface area contributed by atoms with Crippen molar-refractivity contribution in [1.29, 1.82) is 0 Å². The largest absolute Gasteiger partial charge is 0.309 e. The maximum atomic E-state index is 5.38. The Bertz CT molecular complexity index is 4470. The van der Waals surface area contributed by atoms with Gasteiger partial charge in [0.15, 0.2) is 0 Å². The Morgan fingerprint density at radius 3 is 1.67 bits per heavy atom. The van der Waals surface area contributed by atoms with Gasteiger partial charge in [0.05, 0.1) is 33.3 Å². The third kappa shape index (κ3) is 6.25. The van der Waals surface area contributed by atoms with Gasteiger partial charge in [0.2, 0.25) is 0 Å². The third-order valence-corrected chi connectivity index (χ3v) is 15.2. The molecule has 4 heteroatoms. The Balaban J connectivity index is 1.01. The van der Waals surface area contributed by atoms with E-state index in [1.54, 1.807) is 0 Å². The van der Waals surface area contributed by atoms with Crippen LogP contribution in [0, 0.1) is 0 Å². The number of fused-ring (bicyclic) bond motifs is 13. The van der Waals surface area contributed by atoms with Crippen LogP contribution < -0.4 is 0 Å². The molecule has 15 rings (SSSR count). The van der Waals surface area contributed by atoms with Crippen molar-refractivity contribution in [2.75, 3.05) is 0 Å². The molecule has 336 valence electrons. The number of para-hydroxylation sites is 2. The molecule has 0 fully saturated rings. The second-order valence-corrected chi connectivity index (χ2v) is 19.2. The molecule has 0 amide bonds. The third-order valence-electron chi connectivity index (χ3n) is 15.2. The highest BCUT2D eigenvalue weighted by atomic mass is 15.0. The molecule has 11 aromatic carbocycles. The van der Waals surface area contributed by atoms with Gasteiger partial charge in [0, 0.05) is 56.2 Å². The molecule has 0 spiro atoms. The fraction of sp³-hybridized carbons (Fsp3) is 0.0294. The van der Waals surface area contributed by atoms with Gasteiger partial charge in [-0.2, -0.15) is 0 Å². The van der Waals surface area contributed by atoms with E-state index in [0.29, 0.717) is 6.42 Å². The van der Waals surface area contributed by atoms with Crippen molar-refractivity contribution >= 4 is 65.3 Å². The van der Waals surface area contributed by atoms with Crippen LogP contribution in [-0.2, 0) is 6.42 Å². The van der Waals surface area contributed by atoms with Gasteiger partial charge in [0.25, 0.3) is 0 Å². The minimum absolute atomic E-state index is 0.0628. The van der Waals surface area contributed by atoms with Crippen molar-refractivity contribution in [3.05, 3.63) is 266 Å². The molecule has 4 nitrogen and oxygen atoms in total. The van der Waals surface area contributed by atoms with E-state index in [1.807, 2.05) is 0 Å². The van der Waals surface area contributed by atoms with Gasteiger partial charge in [-0.15, -0.1) is 0 Å². The lowest BCUT2D eigenvalue weighted by atomic mass is 9.90. The molecule has 0 aliphatic heterocycles. The molecule has 0 saturated heterocycles. The molecule has 3 aromatic heterocycles. The lowest BCUT2D eigenvalue weighted by molar-refractivity contribution is 0.777. The Labute approximate surface area is 416 Å². The smallest absolute Gasteiger partial charge is 0.130 e. The van der Waals surface area contributed by atoms with Crippen LogP contribution in [-0.4, -0.2) is 19.1 Å². The fourth-order valence-corrected chi connectivity index (χ4v) is 12.1. The van der Waals surface area contributed by atoms with Crippen molar-refractivity contribution in [2.45, 2.75) is 12.3 Å². The summed E-state index contributed by atoms with van der Waals surface area (Å²) in [5.41, 5.74) is 20.0. The van der Waals surface area contributed by atoms with Crippen molar-refractivity contribution < 1.29 is 0 Å². The van der Waals surface area contributed by atoms with Crippen molar-refractivity contribution in [2.24, 2.45) is 0 Å². The molecule has 0 saturated carbocycles. The number of benzene rings is 11. The maximum absolute atomic E-state index is 5.38. The number of hydrogen-bond donors (Lipinski definition) is 0. The Hall–Kier alpha value is -9.38. The van der Waals surface area contributed by atoms with E-state index in [-0.39, 0.29) is 5.92 Å². The van der Waals surface area contributed by atoms with Crippen LogP contribution in [0.4, 0.5) is 0 Å². The number of hydrogen-bond acceptors (Lipinski definition) is 2. The summed E-state index contributed by atoms with van der Waals surface area (Å²) in [5, 5.41) is 8.52. The molecular formula is C68H44N4. The standard InChI is InChI=1S/C68H44N4/c1-4-18-43(19-5-1)47-24-16-26-49(38-47)71-60-33-15-13-29-52(60)57-40-58-63(42-62(57)71)72(50-27-17-25-48(39-50)44-20-6-2-7-21-44)61-37-35-45-34-36-54-56(51-28-10-11-30-53(51)66(54)65(45)67(58)61)41-64-69-59-32-14-12-31-55(59)68(70-64)46-22-8-3-9-23-46/h1-40,42,56H,41H2. The van der Waals surface area contributed by atoms with Gasteiger partial charge in [-0.1, -0.05) is 194 Å². The molecule has 1 aliphatic carbocycles. The van der Waals surface area contributed by atoms with Crippen LogP contribution in [0.3, 0.4) is 0 Å². The normalized spacial score (nSPS) is 13.2. The van der Waals surface area contributed by atoms with E-state index < -0.39 is 0 Å². The first-order chi connectivity index (χ1) is 35.7. The van der Waals surface area contributed by atoms with E-state index >= 15 is 0 Å². The maximum Gasteiger partial charge on any atom is 0.130 e. The van der Waals surface area contributed by atoms with E-state index in [9.17, 15) is 0 Å². The quantitative estimate of drug-likeness (QED) is 0.160. The first-order valence-corrected chi connectivity index (χ1v) is 24.9. The average Bonchev–Trinajstić information content (AvgIpc) is 4.08. The Morgan fingerprint density at radius 2 is 0.931 bits per heavy atom. The average molecular weight is 917 g/mol. The van der Waals surface area contributed by atoms with E-state index in [4.69, 9.17) is 9.97 Å². The molecule has 72 heavy (non-hydrogen) atoms. The van der Waals surface area contributed by atoms with Crippen molar-refractivity contribution in [1.82, 2.24) is 19.1 Å². The van der Waals surface area contributed by atoms with Gasteiger partial charge in [0.1, 0.15) is 5.82 Å². The van der Waals surface area contributed by atoms with Gasteiger partial charge < -0.3 is 9.13 Å². The van der Waals surface area contributed by atoms with E-state index in [1.165, 1.54) is 93.4 Å². The summed E-state index contributed by atoms with van der Waals surface area (Å²) in [7, 11) is 0. The summed E-state index contributed by atoms with van der Waals surface area (Å²) in [6.07, 6.45) is 0.676. The molecule has 0 bridgehead atoms. The number of aromatic nitrogens is 4. The molecular weight excluding hydrogens is 873 g/mol. The highest BCUT2D eigenvalue weighted by molar-refractivity contribution is 6.28. The van der Waals surface area contributed by atoms with Crippen molar-refractivity contribution in [3.8, 4) is 56.0 Å². The topological polar surface area (TPSA) is 35.6 Å². The second kappa shape index (κ2) is 16.1. The Kier molecular flexibility index (Phi) is 9.05. The monoisotopic (exact) mass is 916 g/mol. The van der Waals surface area contributed by atoms with Crippen LogP contribution in [0.2, 0.25) is 0 Å². The highest BCUT2D eigenvalue weighted by Crippen LogP contribution is 2.52. The zero-order chi connectivity index (χ0) is 47.3. The van der Waals surface area contributed by atoms with E-state index in [2.05, 4.69) is 258 Å². The summed E-state index contributed by atoms with van der Waals surface area (Å²) < 4.78 is 4.98. The summed E-state index contributed by atoms with van der Waals surface area (Å²) in [6, 6.07) is 90.8. The van der Waals surface area contributed by atoms with Gasteiger partial charge in [-0.05, 0) is 110 Å². The minimum atomic E-state index is 0.0628. The fourth-order valence-electron chi connectivity index (χ4n) is 12.1. The lowest BCUT2D eigenvalue weighted by Gasteiger charge is -2.16. The van der Waals surface area contributed by atoms with E-state index in [0.717, 1.165) is 44.9 Å². The van der Waals surface area contributed by atoms with Gasteiger partial charge >= 0.3 is 0 Å². The summed E-state index contributed by atoms with van der Waals surface area (Å²) in [6.45, 7) is 0. The van der Waals surface area contributed by atoms with Gasteiger partial charge in [-0.3, -0.25) is 0 Å². The molecule has 3 heterocycles. The zero-order valence-electron chi connectivity index (χ0n) is 39.2. The van der Waals surface area contributed by atoms with Crippen LogP contribution >= 0.6 is 0 Å². The molecule has 1 unspecified atom stereocenters. The van der Waals surface area contributed by atoms with Crippen LogP contribution in [0.15, 0.2) is 249 Å². The predicted molar refractivity (Wildman–Crippen MR) is 299 cm³/mol. The molecule has 1 aliphatic rings. The zero-order valence-corrected chi connectivity index (χ0v) is 39.2. The molecule has 14 aromatic rings. The number of rotatable bonds is 7. The first kappa shape index (κ1) is 40.5. The highest BCUT2D eigenvalue weighted by Gasteiger charge is 2.33. The van der Waals surface area contributed by atoms with Crippen LogP contribution in [0.25, 0.3) is 121 Å². The molecule has 0 radical (unpaired) electrons. The molecule has 0 N–H and O–H groups in total. The predicted octanol–water partition coefficient (Wildman–Crippen LogP) is 17.3. The first-order valence-electron chi connectivity index (χ1n) is 24.9. The SMILES string of the molecule is c1ccc(-c2cccc(-n3c4ccccc4c4cc5c6c7c8c(ccc7ccc6n(-c6cccc(-c7ccccc7)c6)c5cc43)C(Cc3nc(-c4ccccc4)c4ccccc4n3)c3ccccc3-8)c2)cc1. The summed E-state index contributed by atoms with van der Waals surface area (Å²) in [4.78, 5) is 10.7. The van der Waals surface area contributed by atoms with Crippen LogP contribution in [0.1, 0.15) is 22.9 Å². The minimum Gasteiger partial charge on any atom is -0.309 e. The lowest BCUT2D eigenvalue weighted by Crippen LogP contribution is -2.06. The molecule has 1 atom stereocenters. The van der Waals surface area contributed by atoms with Crippen molar-refractivity contribution in [3.63, 3.8) is 0 Å². The number of nitrogens with zero attached hydrogens (tertiary/aromatic N) is 4. The summed E-state index contributed by atoms with van der Waals surface area (Å²) in [5.74, 6) is 0.911.